The van der Waals surface area contributed by atoms with E-state index in [-0.39, 0.29) is 23.2 Å². The van der Waals surface area contributed by atoms with Crippen LogP contribution in [0.2, 0.25) is 0 Å². The van der Waals surface area contributed by atoms with Gasteiger partial charge in [0.1, 0.15) is 0 Å². The summed E-state index contributed by atoms with van der Waals surface area (Å²) in [5.41, 5.74) is 8.54. The Morgan fingerprint density at radius 3 is 2.08 bits per heavy atom. The first-order valence-electron chi connectivity index (χ1n) is 8.23. The maximum Gasteiger partial charge on any atom is 0.243 e. The summed E-state index contributed by atoms with van der Waals surface area (Å²) in [6.07, 6.45) is 0.820. The number of rotatable bonds is 3. The van der Waals surface area contributed by atoms with Gasteiger partial charge in [-0.05, 0) is 54.3 Å². The van der Waals surface area contributed by atoms with Gasteiger partial charge in [-0.2, -0.15) is 4.31 Å². The smallest absolute Gasteiger partial charge is 0.243 e. The summed E-state index contributed by atoms with van der Waals surface area (Å²) in [6.45, 7) is 13.8. The third-order valence-electron chi connectivity index (χ3n) is 4.94. The van der Waals surface area contributed by atoms with Gasteiger partial charge in [0.15, 0.2) is 0 Å². The van der Waals surface area contributed by atoms with E-state index in [4.69, 9.17) is 5.73 Å². The first kappa shape index (κ1) is 21.4. The van der Waals surface area contributed by atoms with Crippen LogP contribution in [0, 0.1) is 19.3 Å². The second-order valence-corrected chi connectivity index (χ2v) is 10.2. The number of halogens is 1. The van der Waals surface area contributed by atoms with E-state index in [0.29, 0.717) is 24.5 Å². The number of nitrogens with two attached hydrogens (primary N) is 1. The molecule has 4 nitrogen and oxygen atoms in total. The highest BCUT2D eigenvalue weighted by molar-refractivity contribution is 7.89. The molecular weight excluding hydrogens is 344 g/mol. The summed E-state index contributed by atoms with van der Waals surface area (Å²) in [6, 6.07) is 4.02. The predicted octanol–water partition coefficient (Wildman–Crippen LogP) is 3.38. The number of aryl methyl sites for hydroxylation is 2. The van der Waals surface area contributed by atoms with Gasteiger partial charge in [-0.15, -0.1) is 12.4 Å². The number of hydrogen-bond donors (Lipinski definition) is 1. The molecule has 1 atom stereocenters. The fourth-order valence-corrected chi connectivity index (χ4v) is 5.27. The van der Waals surface area contributed by atoms with Crippen LogP contribution in [0.5, 0.6) is 0 Å². The topological polar surface area (TPSA) is 63.4 Å². The van der Waals surface area contributed by atoms with Crippen molar-refractivity contribution in [3.05, 3.63) is 28.8 Å². The van der Waals surface area contributed by atoms with Crippen molar-refractivity contribution in [2.24, 2.45) is 11.1 Å². The van der Waals surface area contributed by atoms with Crippen LogP contribution < -0.4 is 5.73 Å². The van der Waals surface area contributed by atoms with E-state index < -0.39 is 10.0 Å². The average Bonchev–Trinajstić information content (AvgIpc) is 2.81. The molecule has 0 spiro atoms. The molecule has 0 radical (unpaired) electrons. The SMILES string of the molecule is Cc1cc(C(C)(C)C)cc(C)c1S(=O)(=O)N1CCC(C)(CN)C1.Cl. The lowest BCUT2D eigenvalue weighted by atomic mass is 9.85. The Bertz CT molecular complexity index is 687. The molecule has 0 bridgehead atoms. The van der Waals surface area contributed by atoms with Crippen molar-refractivity contribution in [2.45, 2.75) is 58.3 Å². The van der Waals surface area contributed by atoms with Crippen LogP contribution in [0.25, 0.3) is 0 Å². The molecule has 0 aliphatic carbocycles. The highest BCUT2D eigenvalue weighted by Gasteiger charge is 2.40. The largest absolute Gasteiger partial charge is 0.330 e. The van der Waals surface area contributed by atoms with Crippen molar-refractivity contribution in [2.75, 3.05) is 19.6 Å². The van der Waals surface area contributed by atoms with Crippen molar-refractivity contribution in [3.8, 4) is 0 Å². The van der Waals surface area contributed by atoms with Crippen LogP contribution in [0.4, 0.5) is 0 Å². The highest BCUT2D eigenvalue weighted by Crippen LogP contribution is 2.35. The maximum atomic E-state index is 13.1. The molecule has 0 amide bonds. The van der Waals surface area contributed by atoms with E-state index in [9.17, 15) is 8.42 Å². The minimum Gasteiger partial charge on any atom is -0.330 e. The Labute approximate surface area is 153 Å². The molecule has 1 fully saturated rings. The molecule has 1 aliphatic rings. The van der Waals surface area contributed by atoms with Gasteiger partial charge in [-0.1, -0.05) is 39.8 Å². The number of benzene rings is 1. The first-order valence-corrected chi connectivity index (χ1v) is 9.67. The lowest BCUT2D eigenvalue weighted by Gasteiger charge is -2.25. The Morgan fingerprint density at radius 2 is 1.71 bits per heavy atom. The van der Waals surface area contributed by atoms with Crippen molar-refractivity contribution in [1.29, 1.82) is 0 Å². The third-order valence-corrected chi connectivity index (χ3v) is 7.09. The third kappa shape index (κ3) is 3.96. The standard InChI is InChI=1S/C18H30N2O2S.ClH/c1-13-9-15(17(3,4)5)10-14(2)16(13)23(21,22)20-8-7-18(6,11-19)12-20;/h9-10H,7-8,11-12,19H2,1-6H3;1H. The van der Waals surface area contributed by atoms with Gasteiger partial charge in [-0.25, -0.2) is 8.42 Å². The Morgan fingerprint density at radius 1 is 1.21 bits per heavy atom. The summed E-state index contributed by atoms with van der Waals surface area (Å²) in [7, 11) is -3.47. The summed E-state index contributed by atoms with van der Waals surface area (Å²) >= 11 is 0. The fourth-order valence-electron chi connectivity index (χ4n) is 3.27. The van der Waals surface area contributed by atoms with Crippen molar-refractivity contribution >= 4 is 22.4 Å². The lowest BCUT2D eigenvalue weighted by molar-refractivity contribution is 0.349. The van der Waals surface area contributed by atoms with Crippen molar-refractivity contribution < 1.29 is 8.42 Å². The summed E-state index contributed by atoms with van der Waals surface area (Å²) < 4.78 is 27.9. The molecule has 6 heteroatoms. The van der Waals surface area contributed by atoms with E-state index in [1.165, 1.54) is 5.56 Å². The van der Waals surface area contributed by atoms with Crippen molar-refractivity contribution in [1.82, 2.24) is 4.31 Å². The molecule has 1 unspecified atom stereocenters. The molecule has 0 aromatic heterocycles. The number of hydrogen-bond acceptors (Lipinski definition) is 3. The van der Waals surface area contributed by atoms with Gasteiger partial charge in [-0.3, -0.25) is 0 Å². The summed E-state index contributed by atoms with van der Waals surface area (Å²) in [5.74, 6) is 0. The Kier molecular flexibility index (Phi) is 6.20. The lowest BCUT2D eigenvalue weighted by Crippen LogP contribution is -2.35. The monoisotopic (exact) mass is 374 g/mol. The van der Waals surface area contributed by atoms with Gasteiger partial charge in [0.2, 0.25) is 10.0 Å². The molecule has 0 saturated carbocycles. The molecule has 1 aromatic carbocycles. The predicted molar refractivity (Wildman–Crippen MR) is 102 cm³/mol. The summed E-state index contributed by atoms with van der Waals surface area (Å²) in [4.78, 5) is 0.465. The van der Waals surface area contributed by atoms with Crippen LogP contribution in [-0.2, 0) is 15.4 Å². The number of nitrogens with zero attached hydrogens (tertiary/aromatic N) is 1. The molecular formula is C18H31ClN2O2S. The van der Waals surface area contributed by atoms with Gasteiger partial charge in [0, 0.05) is 13.1 Å². The molecule has 1 aromatic rings. The van der Waals surface area contributed by atoms with E-state index in [1.54, 1.807) is 4.31 Å². The zero-order valence-electron chi connectivity index (χ0n) is 15.6. The quantitative estimate of drug-likeness (QED) is 0.881. The van der Waals surface area contributed by atoms with Crippen LogP contribution in [0.15, 0.2) is 17.0 Å². The second-order valence-electron chi connectivity index (χ2n) is 8.29. The van der Waals surface area contributed by atoms with Crippen LogP contribution >= 0.6 is 12.4 Å². The van der Waals surface area contributed by atoms with Gasteiger partial charge in [0.25, 0.3) is 0 Å². The Balaban J connectivity index is 0.00000288. The molecule has 24 heavy (non-hydrogen) atoms. The minimum absolute atomic E-state index is 0. The Hall–Kier alpha value is -0.620. The normalized spacial score (nSPS) is 22.5. The van der Waals surface area contributed by atoms with Crippen LogP contribution in [0.1, 0.15) is 50.8 Å². The second kappa shape index (κ2) is 6.94. The van der Waals surface area contributed by atoms with Gasteiger partial charge >= 0.3 is 0 Å². The highest BCUT2D eigenvalue weighted by atomic mass is 35.5. The van der Waals surface area contributed by atoms with Crippen LogP contribution in [-0.4, -0.2) is 32.4 Å². The molecule has 2 N–H and O–H groups in total. The maximum absolute atomic E-state index is 13.1. The van der Waals surface area contributed by atoms with E-state index in [2.05, 4.69) is 27.7 Å². The van der Waals surface area contributed by atoms with E-state index in [0.717, 1.165) is 17.5 Å². The summed E-state index contributed by atoms with van der Waals surface area (Å²) in [5, 5.41) is 0. The minimum atomic E-state index is -3.47. The molecule has 2 rings (SSSR count). The van der Waals surface area contributed by atoms with Crippen LogP contribution in [0.3, 0.4) is 0 Å². The van der Waals surface area contributed by atoms with Gasteiger partial charge < -0.3 is 5.73 Å². The zero-order valence-corrected chi connectivity index (χ0v) is 17.3. The zero-order chi connectivity index (χ0) is 17.6. The van der Waals surface area contributed by atoms with Gasteiger partial charge in [0.05, 0.1) is 4.90 Å². The van der Waals surface area contributed by atoms with E-state index >= 15 is 0 Å². The molecule has 138 valence electrons. The van der Waals surface area contributed by atoms with E-state index in [1.807, 2.05) is 26.0 Å². The molecule has 1 aliphatic heterocycles. The fraction of sp³-hybridized carbons (Fsp3) is 0.667. The average molecular weight is 375 g/mol. The first-order chi connectivity index (χ1) is 10.4. The molecule has 1 heterocycles. The number of sulfonamides is 1. The van der Waals surface area contributed by atoms with Crippen molar-refractivity contribution in [3.63, 3.8) is 0 Å². The molecule has 1 saturated heterocycles.